The quantitative estimate of drug-likeness (QED) is 0.349. The summed E-state index contributed by atoms with van der Waals surface area (Å²) in [6.45, 7) is 4.25. The highest BCUT2D eigenvalue weighted by Gasteiger charge is 2.32. The van der Waals surface area contributed by atoms with Crippen molar-refractivity contribution in [2.45, 2.75) is 51.3 Å². The zero-order chi connectivity index (χ0) is 23.9. The maximum absolute atomic E-state index is 12.8. The maximum atomic E-state index is 12.8. The Kier molecular flexibility index (Phi) is 8.58. The summed E-state index contributed by atoms with van der Waals surface area (Å²) in [4.78, 5) is 7.25. The molecule has 0 radical (unpaired) electrons. The van der Waals surface area contributed by atoms with Gasteiger partial charge in [0.2, 0.25) is 0 Å². The van der Waals surface area contributed by atoms with E-state index in [0.29, 0.717) is 17.4 Å². The van der Waals surface area contributed by atoms with Crippen molar-refractivity contribution in [2.24, 2.45) is 0 Å². The highest BCUT2D eigenvalue weighted by molar-refractivity contribution is 6.09. The molecule has 3 aromatic rings. The molecule has 0 amide bonds. The van der Waals surface area contributed by atoms with Gasteiger partial charge in [-0.1, -0.05) is 56.6 Å². The average Bonchev–Trinajstić information content (AvgIpc) is 3.22. The number of aryl methyl sites for hydroxylation is 2. The minimum Gasteiger partial charge on any atom is -0.348 e. The Hall–Kier alpha value is -2.71. The van der Waals surface area contributed by atoms with E-state index in [4.69, 9.17) is 0 Å². The van der Waals surface area contributed by atoms with Gasteiger partial charge in [0.15, 0.2) is 0 Å². The van der Waals surface area contributed by atoms with Gasteiger partial charge in [0, 0.05) is 11.6 Å². The molecule has 2 aromatic carbocycles. The van der Waals surface area contributed by atoms with Crippen LogP contribution in [-0.2, 0) is 25.2 Å². The molecule has 172 valence electrons. The molecule has 0 fully saturated rings. The molecule has 1 N–H and O–H groups in total. The van der Waals surface area contributed by atoms with Crippen molar-refractivity contribution in [3.8, 4) is 0 Å². The molecule has 32 heavy (non-hydrogen) atoms. The van der Waals surface area contributed by atoms with Crippen LogP contribution >= 0.6 is 0 Å². The molecule has 0 aliphatic heterocycles. The fourth-order valence-corrected chi connectivity index (χ4v) is 3.49. The van der Waals surface area contributed by atoms with Crippen LogP contribution < -0.4 is 0 Å². The molecule has 0 aliphatic rings. The Balaban J connectivity index is 0.000000336. The zero-order valence-corrected chi connectivity index (χ0v) is 18.1. The minimum atomic E-state index is -4.48. The zero-order valence-electron chi connectivity index (χ0n) is 18.1. The number of benzene rings is 2. The largest absolute Gasteiger partial charge is 0.416 e. The summed E-state index contributed by atoms with van der Waals surface area (Å²) in [7, 11) is 1.73. The summed E-state index contributed by atoms with van der Waals surface area (Å²) in [6, 6.07) is 9.43. The SMILES string of the molecule is BCC(c1cccc(C(F)(F)F)c1)c1cccc(C(F)(F)F)c1.CCc1nc[nH]c1CC. The molecule has 1 heterocycles. The Morgan fingerprint density at radius 3 is 1.69 bits per heavy atom. The van der Waals surface area contributed by atoms with Crippen LogP contribution in [0.3, 0.4) is 0 Å². The van der Waals surface area contributed by atoms with Crippen molar-refractivity contribution in [1.29, 1.82) is 0 Å². The van der Waals surface area contributed by atoms with Crippen LogP contribution in [0.5, 0.6) is 0 Å². The molecular weight excluding hydrogens is 429 g/mol. The summed E-state index contributed by atoms with van der Waals surface area (Å²) in [5.74, 6) is -0.528. The van der Waals surface area contributed by atoms with Gasteiger partial charge < -0.3 is 4.98 Å². The molecular formula is C23H25BF6N2. The number of H-pyrrole nitrogens is 1. The van der Waals surface area contributed by atoms with Gasteiger partial charge in [0.1, 0.15) is 7.85 Å². The van der Waals surface area contributed by atoms with E-state index in [9.17, 15) is 26.3 Å². The first-order valence-corrected chi connectivity index (χ1v) is 10.4. The summed E-state index contributed by atoms with van der Waals surface area (Å²) in [6.07, 6.45) is -4.72. The minimum absolute atomic E-state index is 0.349. The number of nitrogens with zero attached hydrogens (tertiary/aromatic N) is 1. The summed E-state index contributed by atoms with van der Waals surface area (Å²) >= 11 is 0. The smallest absolute Gasteiger partial charge is 0.348 e. The second kappa shape index (κ2) is 10.7. The van der Waals surface area contributed by atoms with Crippen LogP contribution in [0.2, 0.25) is 6.32 Å². The van der Waals surface area contributed by atoms with E-state index in [2.05, 4.69) is 23.8 Å². The first-order chi connectivity index (χ1) is 15.0. The number of halogens is 6. The Bertz CT molecular complexity index is 918. The molecule has 0 atom stereocenters. The fraction of sp³-hybridized carbons (Fsp3) is 0.348. The third-order valence-corrected chi connectivity index (χ3v) is 5.14. The van der Waals surface area contributed by atoms with E-state index in [0.717, 1.165) is 37.1 Å². The molecule has 1 aromatic heterocycles. The molecule has 0 spiro atoms. The molecule has 3 rings (SSSR count). The van der Waals surface area contributed by atoms with Crippen LogP contribution in [0.1, 0.15) is 53.4 Å². The van der Waals surface area contributed by atoms with Crippen LogP contribution in [0.4, 0.5) is 26.3 Å². The van der Waals surface area contributed by atoms with E-state index in [-0.39, 0.29) is 0 Å². The van der Waals surface area contributed by atoms with Gasteiger partial charge in [0.05, 0.1) is 23.1 Å². The Morgan fingerprint density at radius 2 is 1.34 bits per heavy atom. The van der Waals surface area contributed by atoms with Crippen molar-refractivity contribution >= 4 is 7.85 Å². The van der Waals surface area contributed by atoms with Crippen molar-refractivity contribution in [1.82, 2.24) is 9.97 Å². The number of imidazole rings is 1. The van der Waals surface area contributed by atoms with E-state index in [1.54, 1.807) is 14.2 Å². The monoisotopic (exact) mass is 454 g/mol. The lowest BCUT2D eigenvalue weighted by Gasteiger charge is -2.19. The number of hydrogen-bond acceptors (Lipinski definition) is 1. The third-order valence-electron chi connectivity index (χ3n) is 5.14. The number of aromatic amines is 1. The first-order valence-electron chi connectivity index (χ1n) is 10.4. The lowest BCUT2D eigenvalue weighted by atomic mass is 9.80. The molecule has 0 aliphatic carbocycles. The van der Waals surface area contributed by atoms with E-state index in [1.165, 1.54) is 35.7 Å². The molecule has 0 saturated carbocycles. The number of alkyl halides is 6. The van der Waals surface area contributed by atoms with Gasteiger partial charge in [-0.3, -0.25) is 0 Å². The Morgan fingerprint density at radius 1 is 0.844 bits per heavy atom. The molecule has 0 bridgehead atoms. The fourth-order valence-electron chi connectivity index (χ4n) is 3.49. The van der Waals surface area contributed by atoms with Crippen LogP contribution in [0, 0.1) is 0 Å². The molecule has 0 unspecified atom stereocenters. The molecule has 2 nitrogen and oxygen atoms in total. The number of nitrogens with one attached hydrogen (secondary N) is 1. The summed E-state index contributed by atoms with van der Waals surface area (Å²) in [5.41, 5.74) is 1.57. The third kappa shape index (κ3) is 6.64. The van der Waals surface area contributed by atoms with E-state index >= 15 is 0 Å². The van der Waals surface area contributed by atoms with Gasteiger partial charge in [0.25, 0.3) is 0 Å². The summed E-state index contributed by atoms with van der Waals surface area (Å²) < 4.78 is 76.9. The number of aromatic nitrogens is 2. The van der Waals surface area contributed by atoms with Gasteiger partial charge in [-0.05, 0) is 36.1 Å². The Labute approximate surface area is 184 Å². The van der Waals surface area contributed by atoms with Crippen molar-refractivity contribution in [3.05, 3.63) is 88.5 Å². The molecule has 0 saturated heterocycles. The van der Waals surface area contributed by atoms with Gasteiger partial charge in [-0.2, -0.15) is 26.3 Å². The van der Waals surface area contributed by atoms with Crippen LogP contribution in [0.15, 0.2) is 54.9 Å². The average molecular weight is 454 g/mol. The number of hydrogen-bond donors (Lipinski definition) is 1. The van der Waals surface area contributed by atoms with Gasteiger partial charge in [-0.15, -0.1) is 0 Å². The van der Waals surface area contributed by atoms with Crippen LogP contribution in [-0.4, -0.2) is 17.8 Å². The maximum Gasteiger partial charge on any atom is 0.416 e. The van der Waals surface area contributed by atoms with Gasteiger partial charge in [-0.25, -0.2) is 4.98 Å². The highest BCUT2D eigenvalue weighted by atomic mass is 19.4. The predicted molar refractivity (Wildman–Crippen MR) is 115 cm³/mol. The standard InChI is InChI=1S/C16H13BF6.C7H12N2/c17-9-14(10-3-1-5-12(7-10)15(18,19)20)11-4-2-6-13(8-11)16(21,22)23;1-3-6-7(4-2)9-5-8-6/h1-8,14H,9,17H2;5H,3-4H2,1-2H3,(H,8,9). The van der Waals surface area contributed by atoms with Crippen molar-refractivity contribution in [3.63, 3.8) is 0 Å². The van der Waals surface area contributed by atoms with Crippen LogP contribution in [0.25, 0.3) is 0 Å². The van der Waals surface area contributed by atoms with Crippen molar-refractivity contribution < 1.29 is 26.3 Å². The van der Waals surface area contributed by atoms with Gasteiger partial charge >= 0.3 is 12.4 Å². The summed E-state index contributed by atoms with van der Waals surface area (Å²) in [5, 5.41) is 0. The highest BCUT2D eigenvalue weighted by Crippen LogP contribution is 2.36. The lowest BCUT2D eigenvalue weighted by Crippen LogP contribution is -2.09. The first kappa shape index (κ1) is 25.6. The normalized spacial score (nSPS) is 11.9. The molecule has 9 heteroatoms. The topological polar surface area (TPSA) is 28.7 Å². The lowest BCUT2D eigenvalue weighted by molar-refractivity contribution is -0.138. The van der Waals surface area contributed by atoms with E-state index in [1.807, 2.05) is 0 Å². The predicted octanol–water partition coefficient (Wildman–Crippen LogP) is 6.44. The second-order valence-electron chi connectivity index (χ2n) is 7.24. The second-order valence-corrected chi connectivity index (χ2v) is 7.24. The van der Waals surface area contributed by atoms with E-state index < -0.39 is 29.4 Å². The number of rotatable bonds is 5. The van der Waals surface area contributed by atoms with Crippen molar-refractivity contribution in [2.75, 3.05) is 0 Å².